The Morgan fingerprint density at radius 3 is 2.61 bits per heavy atom. The SMILES string of the molecule is C=C(C)C=N/C=C(\CC)c1cnc(Nc2cc(CC)ccn2)s1.O=CNCC(F)(F)F. The minimum Gasteiger partial charge on any atom is -0.350 e. The summed E-state index contributed by atoms with van der Waals surface area (Å²) in [5.41, 5.74) is 3.34. The van der Waals surface area contributed by atoms with Crippen molar-refractivity contribution in [2.24, 2.45) is 4.99 Å². The van der Waals surface area contributed by atoms with Gasteiger partial charge >= 0.3 is 6.18 Å². The van der Waals surface area contributed by atoms with Crippen molar-refractivity contribution in [3.63, 3.8) is 0 Å². The van der Waals surface area contributed by atoms with Gasteiger partial charge < -0.3 is 10.6 Å². The minimum atomic E-state index is -4.29. The summed E-state index contributed by atoms with van der Waals surface area (Å²) in [4.78, 5) is 23.4. The Labute approximate surface area is 184 Å². The van der Waals surface area contributed by atoms with E-state index in [0.29, 0.717) is 0 Å². The number of aryl methyl sites for hydroxylation is 1. The first-order valence-corrected chi connectivity index (χ1v) is 10.3. The molecule has 0 saturated carbocycles. The molecular weight excluding hydrogens is 427 g/mol. The van der Waals surface area contributed by atoms with E-state index < -0.39 is 12.7 Å². The molecule has 0 unspecified atom stereocenters. The number of anilines is 2. The molecule has 168 valence electrons. The number of pyridine rings is 1. The summed E-state index contributed by atoms with van der Waals surface area (Å²) in [5.74, 6) is 0.826. The number of nitrogens with zero attached hydrogens (tertiary/aromatic N) is 3. The second-order valence-electron chi connectivity index (χ2n) is 6.30. The number of carbonyl (C=O) groups excluding carboxylic acids is 1. The van der Waals surface area contributed by atoms with Crippen molar-refractivity contribution in [3.8, 4) is 0 Å². The number of halogens is 3. The monoisotopic (exact) mass is 453 g/mol. The third-order valence-electron chi connectivity index (χ3n) is 3.58. The summed E-state index contributed by atoms with van der Waals surface area (Å²) in [6.45, 7) is 8.72. The number of aliphatic imine (C=N–C) groups is 1. The van der Waals surface area contributed by atoms with Crippen molar-refractivity contribution < 1.29 is 18.0 Å². The van der Waals surface area contributed by atoms with Crippen LogP contribution < -0.4 is 10.6 Å². The van der Waals surface area contributed by atoms with E-state index in [1.807, 2.05) is 31.6 Å². The summed E-state index contributed by atoms with van der Waals surface area (Å²) in [6.07, 6.45) is 4.94. The fourth-order valence-corrected chi connectivity index (χ4v) is 3.00. The van der Waals surface area contributed by atoms with Crippen LogP contribution >= 0.6 is 11.3 Å². The molecule has 2 N–H and O–H groups in total. The standard InChI is InChI=1S/C18H22N4S.C3H4F3NO/c1-5-14-7-8-20-17(9-14)22-18-21-12-16(23-18)15(6-2)11-19-10-13(3)4;4-3(5,6)1-7-2-8/h7-12H,3,5-6H2,1-2,4H3,(H,20,21,22);2H,1H2,(H,7,8)/b15-11+,19-10?;. The predicted molar refractivity (Wildman–Crippen MR) is 121 cm³/mol. The van der Waals surface area contributed by atoms with Crippen LogP contribution in [0.2, 0.25) is 0 Å². The van der Waals surface area contributed by atoms with E-state index >= 15 is 0 Å². The number of hydrogen-bond acceptors (Lipinski definition) is 6. The molecule has 2 aromatic rings. The van der Waals surface area contributed by atoms with Crippen LogP contribution in [0.1, 0.15) is 37.6 Å². The van der Waals surface area contributed by atoms with E-state index in [4.69, 9.17) is 0 Å². The van der Waals surface area contributed by atoms with Crippen molar-refractivity contribution in [2.45, 2.75) is 39.8 Å². The summed E-state index contributed by atoms with van der Waals surface area (Å²) in [7, 11) is 0. The summed E-state index contributed by atoms with van der Waals surface area (Å²) in [5, 5.41) is 5.59. The Morgan fingerprint density at radius 1 is 1.32 bits per heavy atom. The molecule has 0 aliphatic rings. The van der Waals surface area contributed by atoms with Gasteiger partial charge in [-0.1, -0.05) is 31.8 Å². The van der Waals surface area contributed by atoms with Gasteiger partial charge in [0.2, 0.25) is 6.41 Å². The average molecular weight is 454 g/mol. The van der Waals surface area contributed by atoms with E-state index in [1.165, 1.54) is 10.9 Å². The molecule has 0 aromatic carbocycles. The number of aromatic nitrogens is 2. The van der Waals surface area contributed by atoms with Gasteiger partial charge in [-0.2, -0.15) is 13.2 Å². The summed E-state index contributed by atoms with van der Waals surface area (Å²) < 4.78 is 33.1. The molecule has 0 aliphatic heterocycles. The van der Waals surface area contributed by atoms with Crippen LogP contribution in [-0.4, -0.2) is 35.3 Å². The largest absolute Gasteiger partial charge is 0.405 e. The topological polar surface area (TPSA) is 79.3 Å². The van der Waals surface area contributed by atoms with Gasteiger partial charge in [0.25, 0.3) is 0 Å². The Kier molecular flexibility index (Phi) is 11.2. The molecule has 0 saturated heterocycles. The van der Waals surface area contributed by atoms with Crippen LogP contribution in [0.25, 0.3) is 5.57 Å². The van der Waals surface area contributed by atoms with Gasteiger partial charge in [0.15, 0.2) is 5.13 Å². The highest BCUT2D eigenvalue weighted by Gasteiger charge is 2.25. The Morgan fingerprint density at radius 2 is 2.06 bits per heavy atom. The van der Waals surface area contributed by atoms with Crippen molar-refractivity contribution in [2.75, 3.05) is 11.9 Å². The molecule has 2 rings (SSSR count). The van der Waals surface area contributed by atoms with Gasteiger partial charge in [0.05, 0.1) is 4.88 Å². The first-order chi connectivity index (χ1) is 14.7. The van der Waals surface area contributed by atoms with E-state index in [1.54, 1.807) is 17.6 Å². The minimum absolute atomic E-state index is 0.00743. The highest BCUT2D eigenvalue weighted by Crippen LogP contribution is 2.29. The van der Waals surface area contributed by atoms with E-state index in [2.05, 4.69) is 46.8 Å². The van der Waals surface area contributed by atoms with Crippen molar-refractivity contribution in [3.05, 3.63) is 53.3 Å². The first-order valence-electron chi connectivity index (χ1n) is 9.48. The van der Waals surface area contributed by atoms with Crippen LogP contribution in [0.4, 0.5) is 24.1 Å². The molecule has 0 fully saturated rings. The number of allylic oxidation sites excluding steroid dienone is 2. The molecule has 0 aliphatic carbocycles. The Bertz CT molecular complexity index is 906. The molecule has 31 heavy (non-hydrogen) atoms. The van der Waals surface area contributed by atoms with E-state index in [-0.39, 0.29) is 6.41 Å². The number of alkyl halides is 3. The zero-order valence-corrected chi connectivity index (χ0v) is 18.5. The van der Waals surface area contributed by atoms with Gasteiger partial charge in [-0.3, -0.25) is 9.79 Å². The van der Waals surface area contributed by atoms with Gasteiger partial charge in [-0.25, -0.2) is 9.97 Å². The maximum Gasteiger partial charge on any atom is 0.405 e. The molecule has 2 heterocycles. The van der Waals surface area contributed by atoms with E-state index in [0.717, 1.165) is 39.8 Å². The zero-order valence-electron chi connectivity index (χ0n) is 17.7. The number of carbonyl (C=O) groups is 1. The summed E-state index contributed by atoms with van der Waals surface area (Å²) >= 11 is 1.61. The molecule has 0 bridgehead atoms. The van der Waals surface area contributed by atoms with Crippen LogP contribution in [0.3, 0.4) is 0 Å². The van der Waals surface area contributed by atoms with Gasteiger partial charge in [-0.05, 0) is 48.6 Å². The molecule has 0 radical (unpaired) electrons. The highest BCUT2D eigenvalue weighted by molar-refractivity contribution is 7.16. The summed E-state index contributed by atoms with van der Waals surface area (Å²) in [6, 6.07) is 4.07. The molecular formula is C21H26F3N5OS. The van der Waals surface area contributed by atoms with Crippen molar-refractivity contribution >= 4 is 40.5 Å². The fraction of sp³-hybridized carbons (Fsp3) is 0.333. The smallest absolute Gasteiger partial charge is 0.350 e. The predicted octanol–water partition coefficient (Wildman–Crippen LogP) is 5.54. The molecule has 0 atom stereocenters. The van der Waals surface area contributed by atoms with Gasteiger partial charge in [0, 0.05) is 24.8 Å². The normalized spacial score (nSPS) is 11.6. The number of nitrogens with one attached hydrogen (secondary N) is 2. The quantitative estimate of drug-likeness (QED) is 0.386. The first kappa shape index (κ1) is 26.0. The molecule has 6 nitrogen and oxygen atoms in total. The molecule has 2 aromatic heterocycles. The number of thiazole rings is 1. The van der Waals surface area contributed by atoms with E-state index in [9.17, 15) is 18.0 Å². The lowest BCUT2D eigenvalue weighted by molar-refractivity contribution is -0.132. The third-order valence-corrected chi connectivity index (χ3v) is 4.57. The van der Waals surface area contributed by atoms with Gasteiger partial charge in [-0.15, -0.1) is 0 Å². The fourth-order valence-electron chi connectivity index (χ4n) is 2.09. The molecule has 10 heteroatoms. The second kappa shape index (κ2) is 13.3. The number of amides is 1. The lowest BCUT2D eigenvalue weighted by Gasteiger charge is -2.03. The van der Waals surface area contributed by atoms with Crippen LogP contribution in [0, 0.1) is 0 Å². The zero-order chi connectivity index (χ0) is 23.3. The van der Waals surface area contributed by atoms with Crippen LogP contribution in [0.15, 0.2) is 47.9 Å². The second-order valence-corrected chi connectivity index (χ2v) is 7.33. The number of rotatable bonds is 9. The van der Waals surface area contributed by atoms with Crippen molar-refractivity contribution in [1.29, 1.82) is 0 Å². The van der Waals surface area contributed by atoms with Crippen molar-refractivity contribution in [1.82, 2.24) is 15.3 Å². The maximum absolute atomic E-state index is 11.0. The number of hydrogen-bond donors (Lipinski definition) is 2. The Hall–Kier alpha value is -3.01. The lowest BCUT2D eigenvalue weighted by Crippen LogP contribution is -2.27. The third kappa shape index (κ3) is 11.1. The average Bonchev–Trinajstić information content (AvgIpc) is 3.17. The van der Waals surface area contributed by atoms with Crippen LogP contribution in [-0.2, 0) is 11.2 Å². The van der Waals surface area contributed by atoms with Gasteiger partial charge in [0.1, 0.15) is 12.4 Å². The maximum atomic E-state index is 11.0. The Balaban J connectivity index is 0.000000512. The van der Waals surface area contributed by atoms with Crippen LogP contribution in [0.5, 0.6) is 0 Å². The molecule has 1 amide bonds. The lowest BCUT2D eigenvalue weighted by atomic mass is 10.2. The molecule has 0 spiro atoms. The highest BCUT2D eigenvalue weighted by atomic mass is 32.1.